The number of Topliss-reactive ketones (excluding diaryl/α,β-unsaturated/α-hetero) is 1. The predicted molar refractivity (Wildman–Crippen MR) is 103 cm³/mol. The zero-order valence-corrected chi connectivity index (χ0v) is 17.2. The van der Waals surface area contributed by atoms with Gasteiger partial charge in [-0.1, -0.05) is 33.6 Å². The molecule has 2 aromatic carbocycles. The van der Waals surface area contributed by atoms with E-state index in [4.69, 9.17) is 21.1 Å². The van der Waals surface area contributed by atoms with Crippen molar-refractivity contribution >= 4 is 49.3 Å². The maximum absolute atomic E-state index is 12.1. The number of esters is 1. The van der Waals surface area contributed by atoms with E-state index in [-0.39, 0.29) is 15.5 Å². The van der Waals surface area contributed by atoms with E-state index in [0.29, 0.717) is 10.2 Å². The first kappa shape index (κ1) is 21.4. The van der Waals surface area contributed by atoms with Gasteiger partial charge in [0.25, 0.3) is 0 Å². The van der Waals surface area contributed by atoms with Gasteiger partial charge in [0.15, 0.2) is 12.4 Å². The van der Waals surface area contributed by atoms with Gasteiger partial charge in [-0.3, -0.25) is 9.59 Å². The van der Waals surface area contributed by atoms with Crippen LogP contribution in [0.2, 0.25) is 5.02 Å². The molecule has 2 rings (SSSR count). The normalized spacial score (nSPS) is 11.1. The monoisotopic (exact) mass is 475 g/mol. The molecular weight excluding hydrogens is 462 g/mol. The Morgan fingerprint density at radius 1 is 1.19 bits per heavy atom. The van der Waals surface area contributed by atoms with Crippen LogP contribution in [0.3, 0.4) is 0 Å². The maximum atomic E-state index is 12.1. The predicted octanol–water partition coefficient (Wildman–Crippen LogP) is 2.82. The highest BCUT2D eigenvalue weighted by Crippen LogP contribution is 2.25. The van der Waals surface area contributed by atoms with E-state index in [0.717, 1.165) is 0 Å². The van der Waals surface area contributed by atoms with Crippen LogP contribution in [0.4, 0.5) is 0 Å². The van der Waals surface area contributed by atoms with E-state index >= 15 is 0 Å². The summed E-state index contributed by atoms with van der Waals surface area (Å²) in [6.45, 7) is -1.15. The third-order valence-electron chi connectivity index (χ3n) is 3.35. The lowest BCUT2D eigenvalue weighted by molar-refractivity contribution is -0.141. The minimum absolute atomic E-state index is 0.00590. The molecule has 1 N–H and O–H groups in total. The van der Waals surface area contributed by atoms with Crippen LogP contribution in [0, 0.1) is 0 Å². The zero-order chi connectivity index (χ0) is 20.0. The van der Waals surface area contributed by atoms with Crippen molar-refractivity contribution in [1.29, 1.82) is 0 Å². The fourth-order valence-electron chi connectivity index (χ4n) is 1.99. The second-order valence-corrected chi connectivity index (χ2v) is 8.30. The number of rotatable bonds is 8. The highest BCUT2D eigenvalue weighted by molar-refractivity contribution is 9.10. The highest BCUT2D eigenvalue weighted by Gasteiger charge is 2.17. The first-order valence-electron chi connectivity index (χ1n) is 7.50. The van der Waals surface area contributed by atoms with Crippen molar-refractivity contribution in [3.63, 3.8) is 0 Å². The lowest BCUT2D eigenvalue weighted by Crippen LogP contribution is -2.31. The number of carbonyl (C=O) groups excluding carboxylic acids is 2. The molecule has 0 fully saturated rings. The molecule has 0 bridgehead atoms. The number of hydrogen-bond donors (Lipinski definition) is 1. The summed E-state index contributed by atoms with van der Waals surface area (Å²) in [6.07, 6.45) is 0. The molecule has 0 aliphatic carbocycles. The van der Waals surface area contributed by atoms with E-state index in [1.54, 1.807) is 12.1 Å². The zero-order valence-electron chi connectivity index (χ0n) is 14.1. The van der Waals surface area contributed by atoms with Crippen LogP contribution in [0.25, 0.3) is 0 Å². The fourth-order valence-corrected chi connectivity index (χ4v) is 3.81. The third-order valence-corrected chi connectivity index (χ3v) is 5.54. The number of benzene rings is 2. The van der Waals surface area contributed by atoms with Crippen molar-refractivity contribution in [3.05, 3.63) is 57.5 Å². The molecule has 0 heterocycles. The van der Waals surface area contributed by atoms with E-state index in [1.165, 1.54) is 37.4 Å². The van der Waals surface area contributed by atoms with Gasteiger partial charge < -0.3 is 9.47 Å². The molecule has 0 aliphatic heterocycles. The Morgan fingerprint density at radius 2 is 1.93 bits per heavy atom. The molecule has 2 aromatic rings. The summed E-state index contributed by atoms with van der Waals surface area (Å²) in [4.78, 5) is 23.8. The van der Waals surface area contributed by atoms with Crippen LogP contribution >= 0.6 is 27.5 Å². The average Bonchev–Trinajstić information content (AvgIpc) is 2.64. The van der Waals surface area contributed by atoms with E-state index in [9.17, 15) is 18.0 Å². The summed E-state index contributed by atoms with van der Waals surface area (Å²) in [5.74, 6) is -0.962. The summed E-state index contributed by atoms with van der Waals surface area (Å²) in [5, 5.41) is 0.247. The SMILES string of the molecule is COc1ccc(C(=O)COC(=O)CNS(=O)(=O)c2cccc(Br)c2)cc1Cl. The third kappa shape index (κ3) is 6.03. The molecule has 0 unspecified atom stereocenters. The Balaban J connectivity index is 1.89. The number of nitrogens with one attached hydrogen (secondary N) is 1. The fraction of sp³-hybridized carbons (Fsp3) is 0.176. The van der Waals surface area contributed by atoms with Gasteiger partial charge in [-0.25, -0.2) is 8.42 Å². The number of carbonyl (C=O) groups is 2. The van der Waals surface area contributed by atoms with Gasteiger partial charge in [-0.2, -0.15) is 4.72 Å². The summed E-state index contributed by atoms with van der Waals surface area (Å²) >= 11 is 9.11. The molecule has 0 amide bonds. The topological polar surface area (TPSA) is 98.8 Å². The minimum atomic E-state index is -3.88. The van der Waals surface area contributed by atoms with Crippen LogP contribution in [-0.4, -0.2) is 40.4 Å². The summed E-state index contributed by atoms with van der Waals surface area (Å²) in [6, 6.07) is 10.4. The van der Waals surface area contributed by atoms with Crippen LogP contribution in [0.5, 0.6) is 5.75 Å². The van der Waals surface area contributed by atoms with Crippen molar-refractivity contribution in [2.75, 3.05) is 20.3 Å². The van der Waals surface area contributed by atoms with Crippen molar-refractivity contribution < 1.29 is 27.5 Å². The van der Waals surface area contributed by atoms with Crippen LogP contribution in [-0.2, 0) is 19.6 Å². The molecule has 10 heteroatoms. The van der Waals surface area contributed by atoms with Crippen LogP contribution in [0.15, 0.2) is 51.8 Å². The Labute approximate surface area is 169 Å². The second kappa shape index (κ2) is 9.32. The molecule has 0 aliphatic rings. The molecule has 0 aromatic heterocycles. The molecule has 0 saturated heterocycles. The molecule has 144 valence electrons. The largest absolute Gasteiger partial charge is 0.495 e. The van der Waals surface area contributed by atoms with Gasteiger partial charge in [0, 0.05) is 10.0 Å². The van der Waals surface area contributed by atoms with Gasteiger partial charge in [0.1, 0.15) is 12.3 Å². The highest BCUT2D eigenvalue weighted by atomic mass is 79.9. The number of sulfonamides is 1. The smallest absolute Gasteiger partial charge is 0.321 e. The first-order valence-corrected chi connectivity index (χ1v) is 10.2. The summed E-state index contributed by atoms with van der Waals surface area (Å²) < 4.78 is 36.7. The summed E-state index contributed by atoms with van der Waals surface area (Å²) in [5.41, 5.74) is 0.239. The molecule has 0 atom stereocenters. The first-order chi connectivity index (χ1) is 12.7. The molecule has 0 radical (unpaired) electrons. The van der Waals surface area contributed by atoms with Gasteiger partial charge in [-0.15, -0.1) is 0 Å². The Kier molecular flexibility index (Phi) is 7.37. The Morgan fingerprint density at radius 3 is 2.56 bits per heavy atom. The lowest BCUT2D eigenvalue weighted by atomic mass is 10.1. The van der Waals surface area contributed by atoms with Crippen molar-refractivity contribution in [1.82, 2.24) is 4.72 Å². The van der Waals surface area contributed by atoms with Crippen molar-refractivity contribution in [2.24, 2.45) is 0 Å². The number of ether oxygens (including phenoxy) is 2. The number of methoxy groups -OCH3 is 1. The van der Waals surface area contributed by atoms with Crippen LogP contribution < -0.4 is 9.46 Å². The Bertz CT molecular complexity index is 964. The van der Waals surface area contributed by atoms with Crippen molar-refractivity contribution in [2.45, 2.75) is 4.90 Å². The molecule has 0 spiro atoms. The number of ketones is 1. The van der Waals surface area contributed by atoms with E-state index in [1.807, 2.05) is 0 Å². The van der Waals surface area contributed by atoms with Gasteiger partial charge in [-0.05, 0) is 36.4 Å². The number of hydrogen-bond acceptors (Lipinski definition) is 6. The van der Waals surface area contributed by atoms with Crippen molar-refractivity contribution in [3.8, 4) is 5.75 Å². The lowest BCUT2D eigenvalue weighted by Gasteiger charge is -2.08. The van der Waals surface area contributed by atoms with Gasteiger partial charge in [0.05, 0.1) is 17.0 Å². The molecule has 7 nitrogen and oxygen atoms in total. The standard InChI is InChI=1S/C17H15BrClNO6S/c1-25-16-6-5-11(7-14(16)19)15(21)10-26-17(22)9-20-27(23,24)13-4-2-3-12(18)8-13/h2-8,20H,9-10H2,1H3. The molecule has 27 heavy (non-hydrogen) atoms. The number of halogens is 2. The van der Waals surface area contributed by atoms with Crippen LogP contribution in [0.1, 0.15) is 10.4 Å². The summed E-state index contributed by atoms with van der Waals surface area (Å²) in [7, 11) is -2.43. The maximum Gasteiger partial charge on any atom is 0.321 e. The van der Waals surface area contributed by atoms with E-state index < -0.39 is 34.9 Å². The molecular formula is C17H15BrClNO6S. The quantitative estimate of drug-likeness (QED) is 0.465. The minimum Gasteiger partial charge on any atom is -0.495 e. The van der Waals surface area contributed by atoms with Gasteiger partial charge in [0.2, 0.25) is 10.0 Å². The van der Waals surface area contributed by atoms with E-state index in [2.05, 4.69) is 20.7 Å². The van der Waals surface area contributed by atoms with Gasteiger partial charge >= 0.3 is 5.97 Å². The Hall–Kier alpha value is -1.94. The second-order valence-electron chi connectivity index (χ2n) is 5.22. The molecule has 0 saturated carbocycles. The average molecular weight is 477 g/mol.